The fraction of sp³-hybridized carbons (Fsp3) is 0.883. The van der Waals surface area contributed by atoms with E-state index in [1.54, 1.807) is 6.08 Å². The summed E-state index contributed by atoms with van der Waals surface area (Å²) in [5.41, 5.74) is 0. The molecule has 18 atom stereocenters. The van der Waals surface area contributed by atoms with Gasteiger partial charge < -0.3 is 89.1 Å². The molecule has 3 aliphatic rings. The predicted octanol–water partition coefficient (Wildman–Crippen LogP) is 11.9. The van der Waals surface area contributed by atoms with E-state index in [0.717, 1.165) is 115 Å². The van der Waals surface area contributed by atoms with Gasteiger partial charge in [0.15, 0.2) is 18.7 Å². The van der Waals surface area contributed by atoms with Gasteiger partial charge in [-0.3, -0.25) is 18.6 Å². The lowest BCUT2D eigenvalue weighted by Gasteiger charge is -2.49. The lowest BCUT2D eigenvalue weighted by Crippen LogP contribution is -2.69. The van der Waals surface area contributed by atoms with Gasteiger partial charge in [0.1, 0.15) is 98.7 Å². The van der Waals surface area contributed by atoms with Crippen LogP contribution in [0.15, 0.2) is 36.5 Å². The Bertz CT molecular complexity index is 2240. The van der Waals surface area contributed by atoms with Crippen molar-refractivity contribution in [2.45, 2.75) is 407 Å². The number of esters is 3. The molecule has 1 aliphatic carbocycles. The molecule has 596 valence electrons. The Morgan fingerprint density at radius 1 is 0.402 bits per heavy atom. The summed E-state index contributed by atoms with van der Waals surface area (Å²) in [6, 6.07) is 0. The maximum absolute atomic E-state index is 14.4. The highest BCUT2D eigenvalue weighted by atomic mass is 31.2. The number of hydrogen-bond donors (Lipinski definition) is 11. The van der Waals surface area contributed by atoms with Gasteiger partial charge in [0.2, 0.25) is 0 Å². The third-order valence-electron chi connectivity index (χ3n) is 19.5. The highest BCUT2D eigenvalue weighted by Crippen LogP contribution is 2.49. The first-order chi connectivity index (χ1) is 49.3. The molecule has 24 nitrogen and oxygen atoms in total. The van der Waals surface area contributed by atoms with Crippen LogP contribution in [0.4, 0.5) is 0 Å². The number of aliphatic hydroxyl groups excluding tert-OH is 10. The van der Waals surface area contributed by atoms with Gasteiger partial charge in [0.25, 0.3) is 0 Å². The van der Waals surface area contributed by atoms with Crippen LogP contribution in [0.3, 0.4) is 0 Å². The van der Waals surface area contributed by atoms with Crippen LogP contribution in [0.1, 0.15) is 303 Å². The Hall–Kier alpha value is -2.82. The predicted molar refractivity (Wildman–Crippen MR) is 388 cm³/mol. The van der Waals surface area contributed by atoms with Crippen molar-refractivity contribution in [1.29, 1.82) is 0 Å². The molecular weight excluding hydrogens is 1340 g/mol. The molecular formula is C77H139O24P. The topological polar surface area (TPSA) is 374 Å². The second kappa shape index (κ2) is 58.2. The van der Waals surface area contributed by atoms with Gasteiger partial charge in [-0.1, -0.05) is 269 Å². The van der Waals surface area contributed by atoms with E-state index in [2.05, 4.69) is 32.9 Å². The van der Waals surface area contributed by atoms with E-state index in [-0.39, 0.29) is 12.8 Å². The van der Waals surface area contributed by atoms with Crippen molar-refractivity contribution in [3.8, 4) is 0 Å². The van der Waals surface area contributed by atoms with E-state index in [9.17, 15) is 74.9 Å². The van der Waals surface area contributed by atoms with Crippen molar-refractivity contribution in [1.82, 2.24) is 0 Å². The molecule has 0 amide bonds. The zero-order valence-corrected chi connectivity index (χ0v) is 63.3. The first-order valence-corrected chi connectivity index (χ1v) is 41.3. The summed E-state index contributed by atoms with van der Waals surface area (Å²) in [6.45, 7) is 3.35. The molecule has 0 aromatic carbocycles. The fourth-order valence-electron chi connectivity index (χ4n) is 13.0. The zero-order chi connectivity index (χ0) is 74.6. The summed E-state index contributed by atoms with van der Waals surface area (Å²) in [5, 5.41) is 110. The molecule has 2 saturated heterocycles. The van der Waals surface area contributed by atoms with Crippen LogP contribution >= 0.6 is 7.82 Å². The second-order valence-electron chi connectivity index (χ2n) is 28.5. The third kappa shape index (κ3) is 40.4. The van der Waals surface area contributed by atoms with Crippen molar-refractivity contribution in [2.75, 3.05) is 26.4 Å². The van der Waals surface area contributed by atoms with Gasteiger partial charge >= 0.3 is 25.7 Å². The van der Waals surface area contributed by atoms with Crippen LogP contribution in [-0.2, 0) is 61.2 Å². The minimum Gasteiger partial charge on any atom is -0.463 e. The first kappa shape index (κ1) is 93.4. The van der Waals surface area contributed by atoms with Gasteiger partial charge in [-0.05, 0) is 51.4 Å². The second-order valence-corrected chi connectivity index (χ2v) is 29.9. The van der Waals surface area contributed by atoms with Crippen molar-refractivity contribution in [3.63, 3.8) is 0 Å². The maximum atomic E-state index is 14.4. The number of aliphatic hydroxyl groups is 10. The molecule has 0 spiro atoms. The highest BCUT2D eigenvalue weighted by molar-refractivity contribution is 7.47. The molecule has 0 bridgehead atoms. The van der Waals surface area contributed by atoms with E-state index in [1.165, 1.54) is 154 Å². The van der Waals surface area contributed by atoms with E-state index in [0.29, 0.717) is 12.8 Å². The van der Waals surface area contributed by atoms with E-state index in [4.69, 9.17) is 42.2 Å². The number of rotatable bonds is 62. The molecule has 2 aliphatic heterocycles. The van der Waals surface area contributed by atoms with Crippen molar-refractivity contribution in [2.24, 2.45) is 0 Å². The normalized spacial score (nSPS) is 27.2. The van der Waals surface area contributed by atoms with E-state index < -0.39 is 156 Å². The maximum Gasteiger partial charge on any atom is 0.472 e. The average Bonchev–Trinajstić information content (AvgIpc) is 0.761. The van der Waals surface area contributed by atoms with Gasteiger partial charge in [0.05, 0.1) is 13.2 Å². The zero-order valence-electron chi connectivity index (χ0n) is 62.4. The summed E-state index contributed by atoms with van der Waals surface area (Å²) in [6.07, 6.45) is 22.5. The Labute approximate surface area is 610 Å². The quantitative estimate of drug-likeness (QED) is 0.00512. The number of ether oxygens (including phenoxy) is 7. The number of phosphoric acid groups is 1. The van der Waals surface area contributed by atoms with Crippen LogP contribution < -0.4 is 0 Å². The van der Waals surface area contributed by atoms with E-state index >= 15 is 0 Å². The van der Waals surface area contributed by atoms with Gasteiger partial charge in [-0.15, -0.1) is 0 Å². The minimum absolute atomic E-state index is 0.0201. The van der Waals surface area contributed by atoms with Gasteiger partial charge in [-0.25, -0.2) is 9.36 Å². The lowest BCUT2D eigenvalue weighted by molar-refractivity contribution is -0.360. The van der Waals surface area contributed by atoms with Gasteiger partial charge in [-0.2, -0.15) is 0 Å². The Kier molecular flexibility index (Phi) is 53.3. The smallest absolute Gasteiger partial charge is 0.463 e. The van der Waals surface area contributed by atoms with Crippen molar-refractivity contribution in [3.05, 3.63) is 36.5 Å². The van der Waals surface area contributed by atoms with Crippen LogP contribution in [0.2, 0.25) is 0 Å². The molecule has 0 radical (unpaired) electrons. The van der Waals surface area contributed by atoms with Crippen molar-refractivity contribution < 1.29 is 117 Å². The van der Waals surface area contributed by atoms with E-state index in [1.807, 2.05) is 6.08 Å². The number of carbonyl (C=O) groups is 3. The molecule has 11 N–H and O–H groups in total. The summed E-state index contributed by atoms with van der Waals surface area (Å²) in [4.78, 5) is 51.0. The average molecular weight is 1480 g/mol. The number of carbonyl (C=O) groups excluding carboxylic acids is 3. The minimum atomic E-state index is -5.72. The molecule has 3 fully saturated rings. The Morgan fingerprint density at radius 2 is 0.765 bits per heavy atom. The fourth-order valence-corrected chi connectivity index (χ4v) is 14.0. The molecule has 2 heterocycles. The molecule has 1 saturated carbocycles. The first-order valence-electron chi connectivity index (χ1n) is 39.8. The Morgan fingerprint density at radius 3 is 1.20 bits per heavy atom. The number of phosphoric ester groups is 1. The largest absolute Gasteiger partial charge is 0.472 e. The SMILES string of the molecule is CCCCCC/C=C\CCCCCCCCCC(=O)OCC1OC(OC2C(O)C(O)C(O)C(OC3OC(CO)C(O)C(O)C3O)C2OP(=O)(O)OCC(COC(=O)/C=C/C=C/CCCCCCCCCCCCC)OC(=O)CCCCCCCCCCCCCCCCCCC)C(O)C(O)C1O. The molecule has 3 rings (SSSR count). The van der Waals surface area contributed by atoms with Gasteiger partial charge in [0, 0.05) is 18.9 Å². The molecule has 102 heavy (non-hydrogen) atoms. The molecule has 0 aromatic rings. The number of allylic oxidation sites excluding steroid dienone is 5. The Balaban J connectivity index is 1.73. The monoisotopic (exact) mass is 1480 g/mol. The summed E-state index contributed by atoms with van der Waals surface area (Å²) in [5.74, 6) is -2.24. The van der Waals surface area contributed by atoms with Crippen molar-refractivity contribution >= 4 is 25.7 Å². The van der Waals surface area contributed by atoms with Crippen LogP contribution in [0.25, 0.3) is 0 Å². The standard InChI is InChI=1S/C77H139O24P/c1-4-7-10-13-16-19-22-25-28-29-32-35-38-41-44-47-50-53-63(81)96-58(55-93-61(79)51-48-45-42-39-36-33-30-26-23-20-17-14-11-8-5-2)56-95-102(91,92)101-75-73(99-76-71(89)66(84)64(82)59(54-78)97-76)69(87)68(86)70(88)74(75)100-77-72(90)67(85)65(83)60(98-77)57-94-62(80)52-49-46-43-40-37-34-31-27-24-21-18-15-12-9-6-3/h21,24,42,45,48,51,58-60,64-78,82-90H,4-20,22-23,25-41,43-44,46-47,49-50,52-57H2,1-3H3,(H,91,92)/b24-21-,45-42+,51-48+. The van der Waals surface area contributed by atoms with Crippen LogP contribution in [0, 0.1) is 0 Å². The summed E-state index contributed by atoms with van der Waals surface area (Å²) >= 11 is 0. The summed E-state index contributed by atoms with van der Waals surface area (Å²) in [7, 11) is -5.72. The third-order valence-corrected chi connectivity index (χ3v) is 20.5. The molecule has 18 unspecified atom stereocenters. The lowest BCUT2D eigenvalue weighted by atomic mass is 9.84. The summed E-state index contributed by atoms with van der Waals surface area (Å²) < 4.78 is 64.9. The molecule has 0 aromatic heterocycles. The molecule has 25 heteroatoms. The van der Waals surface area contributed by atoms with Crippen LogP contribution in [-0.4, -0.2) is 204 Å². The highest BCUT2D eigenvalue weighted by Gasteiger charge is 2.58. The number of hydrogen-bond acceptors (Lipinski definition) is 23. The van der Waals surface area contributed by atoms with Crippen LogP contribution in [0.5, 0.6) is 0 Å². The number of unbranched alkanes of at least 4 members (excludes halogenated alkanes) is 38.